The molecule has 2 heterocycles. The molecule has 0 saturated carbocycles. The fraction of sp³-hybridized carbons (Fsp3) is 0. The van der Waals surface area contributed by atoms with Crippen molar-refractivity contribution in [1.29, 1.82) is 0 Å². The Balaban J connectivity index is 1.29. The number of rotatable bonds is 4. The second-order valence-corrected chi connectivity index (χ2v) is 13.2. The summed E-state index contributed by atoms with van der Waals surface area (Å²) < 4.78 is 9.05. The van der Waals surface area contributed by atoms with Gasteiger partial charge in [-0.15, -0.1) is 11.3 Å². The van der Waals surface area contributed by atoms with Gasteiger partial charge in [-0.1, -0.05) is 115 Å². The van der Waals surface area contributed by atoms with E-state index in [1.165, 1.54) is 52.8 Å². The minimum atomic E-state index is 0.878. The van der Waals surface area contributed by atoms with E-state index in [0.717, 1.165) is 39.0 Å². The number of furan rings is 1. The van der Waals surface area contributed by atoms with E-state index >= 15 is 0 Å². The molecule has 0 bridgehead atoms. The molecule has 0 aliphatic rings. The van der Waals surface area contributed by atoms with E-state index in [2.05, 4.69) is 157 Å². The Morgan fingerprint density at radius 1 is 0.404 bits per heavy atom. The van der Waals surface area contributed by atoms with Crippen molar-refractivity contribution in [2.75, 3.05) is 4.90 Å². The standard InChI is InChI=1S/C44H27NOS/c1-3-13-32-28(10-1)12-9-17-38(32)45(31-22-24-35-34-15-5-7-18-40(34)46-41(35)27-31)39-25-21-29-11-2-4-14-33(29)44(39)30-20-23-37-36-16-6-8-19-42(36)47-43(37)26-30/h1-27H. The van der Waals surface area contributed by atoms with Crippen LogP contribution in [0.1, 0.15) is 0 Å². The number of hydrogen-bond acceptors (Lipinski definition) is 3. The number of hydrogen-bond donors (Lipinski definition) is 0. The molecule has 0 N–H and O–H groups in total. The average molecular weight is 618 g/mol. The van der Waals surface area contributed by atoms with Gasteiger partial charge < -0.3 is 9.32 Å². The molecule has 0 radical (unpaired) electrons. The van der Waals surface area contributed by atoms with Gasteiger partial charge in [-0.2, -0.15) is 0 Å². The molecule has 0 spiro atoms. The maximum atomic E-state index is 6.44. The Bertz CT molecular complexity index is 2820. The van der Waals surface area contributed by atoms with Gasteiger partial charge in [0.2, 0.25) is 0 Å². The van der Waals surface area contributed by atoms with E-state index in [4.69, 9.17) is 4.42 Å². The molecule has 47 heavy (non-hydrogen) atoms. The Labute approximate surface area is 275 Å². The lowest BCUT2D eigenvalue weighted by Gasteiger charge is -2.30. The molecule has 0 aliphatic heterocycles. The summed E-state index contributed by atoms with van der Waals surface area (Å²) in [4.78, 5) is 2.42. The zero-order valence-corrected chi connectivity index (χ0v) is 26.2. The average Bonchev–Trinajstić information content (AvgIpc) is 3.69. The second-order valence-electron chi connectivity index (χ2n) is 12.1. The number of nitrogens with zero attached hydrogens (tertiary/aromatic N) is 1. The van der Waals surface area contributed by atoms with Crippen LogP contribution < -0.4 is 4.90 Å². The highest BCUT2D eigenvalue weighted by Crippen LogP contribution is 2.48. The third kappa shape index (κ3) is 4.10. The van der Waals surface area contributed by atoms with Gasteiger partial charge in [0.15, 0.2) is 0 Å². The largest absolute Gasteiger partial charge is 0.456 e. The van der Waals surface area contributed by atoms with Crippen LogP contribution in [0.25, 0.3) is 74.8 Å². The summed E-state index contributed by atoms with van der Waals surface area (Å²) >= 11 is 1.86. The number of benzene rings is 8. The van der Waals surface area contributed by atoms with Crippen molar-refractivity contribution in [2.45, 2.75) is 0 Å². The van der Waals surface area contributed by atoms with E-state index in [0.29, 0.717) is 0 Å². The summed E-state index contributed by atoms with van der Waals surface area (Å²) in [5.74, 6) is 0. The Kier molecular flexibility index (Phi) is 5.78. The van der Waals surface area contributed by atoms with E-state index in [-0.39, 0.29) is 0 Å². The molecule has 0 saturated heterocycles. The summed E-state index contributed by atoms with van der Waals surface area (Å²) in [6.45, 7) is 0. The van der Waals surface area contributed by atoms with E-state index < -0.39 is 0 Å². The Hall–Kier alpha value is -5.90. The highest BCUT2D eigenvalue weighted by atomic mass is 32.1. The van der Waals surface area contributed by atoms with Crippen molar-refractivity contribution in [3.8, 4) is 11.1 Å². The molecule has 10 rings (SSSR count). The van der Waals surface area contributed by atoms with Gasteiger partial charge in [-0.25, -0.2) is 0 Å². The highest BCUT2D eigenvalue weighted by molar-refractivity contribution is 7.25. The SMILES string of the molecule is c1ccc2c(N(c3ccc4c(c3)oc3ccccc34)c3ccc4ccccc4c3-c3ccc4c(c3)sc3ccccc34)cccc2c1. The second kappa shape index (κ2) is 10.3. The first-order valence-electron chi connectivity index (χ1n) is 15.9. The zero-order chi connectivity index (χ0) is 30.9. The fourth-order valence-electron chi connectivity index (χ4n) is 7.30. The monoisotopic (exact) mass is 617 g/mol. The normalized spacial score (nSPS) is 11.8. The third-order valence-corrected chi connectivity index (χ3v) is 10.6. The Morgan fingerprint density at radius 3 is 1.96 bits per heavy atom. The predicted octanol–water partition coefficient (Wildman–Crippen LogP) is 13.4. The van der Waals surface area contributed by atoms with Crippen molar-refractivity contribution in [1.82, 2.24) is 0 Å². The van der Waals surface area contributed by atoms with Crippen molar-refractivity contribution in [3.05, 3.63) is 164 Å². The summed E-state index contributed by atoms with van der Waals surface area (Å²) in [7, 11) is 0. The van der Waals surface area contributed by atoms with Crippen LogP contribution in [-0.2, 0) is 0 Å². The molecule has 0 fully saturated rings. The number of anilines is 3. The lowest BCUT2D eigenvalue weighted by molar-refractivity contribution is 0.669. The van der Waals surface area contributed by atoms with Crippen LogP contribution in [0.15, 0.2) is 168 Å². The molecule has 0 amide bonds. The van der Waals surface area contributed by atoms with Crippen LogP contribution in [0.2, 0.25) is 0 Å². The third-order valence-electron chi connectivity index (χ3n) is 9.44. The molecular formula is C44H27NOS. The quantitative estimate of drug-likeness (QED) is 0.195. The first-order valence-corrected chi connectivity index (χ1v) is 16.7. The summed E-state index contributed by atoms with van der Waals surface area (Å²) in [6.07, 6.45) is 0. The molecule has 0 atom stereocenters. The number of para-hydroxylation sites is 1. The molecule has 2 aromatic heterocycles. The summed E-state index contributed by atoms with van der Waals surface area (Å²) in [6, 6.07) is 59.1. The van der Waals surface area contributed by atoms with Gasteiger partial charge in [0.1, 0.15) is 11.2 Å². The maximum Gasteiger partial charge on any atom is 0.137 e. The molecule has 0 aliphatic carbocycles. The van der Waals surface area contributed by atoms with E-state index in [1.807, 2.05) is 23.5 Å². The lowest BCUT2D eigenvalue weighted by Crippen LogP contribution is -2.12. The summed E-state index contributed by atoms with van der Waals surface area (Å²) in [5.41, 5.74) is 7.48. The summed E-state index contributed by atoms with van der Waals surface area (Å²) in [5, 5.41) is 9.71. The van der Waals surface area contributed by atoms with Gasteiger partial charge in [0, 0.05) is 53.6 Å². The minimum Gasteiger partial charge on any atom is -0.456 e. The van der Waals surface area contributed by atoms with Gasteiger partial charge in [0.05, 0.1) is 11.4 Å². The predicted molar refractivity (Wildman–Crippen MR) is 202 cm³/mol. The number of thiophene rings is 1. The zero-order valence-electron chi connectivity index (χ0n) is 25.4. The van der Waals surface area contributed by atoms with Crippen LogP contribution in [0, 0.1) is 0 Å². The van der Waals surface area contributed by atoms with Crippen molar-refractivity contribution in [3.63, 3.8) is 0 Å². The maximum absolute atomic E-state index is 6.44. The molecule has 0 unspecified atom stereocenters. The van der Waals surface area contributed by atoms with Gasteiger partial charge in [-0.05, 0) is 64.2 Å². The highest BCUT2D eigenvalue weighted by Gasteiger charge is 2.22. The van der Waals surface area contributed by atoms with Gasteiger partial charge >= 0.3 is 0 Å². The van der Waals surface area contributed by atoms with Crippen LogP contribution in [0.4, 0.5) is 17.1 Å². The fourth-order valence-corrected chi connectivity index (χ4v) is 8.44. The molecule has 8 aromatic carbocycles. The number of fused-ring (bicyclic) bond motifs is 8. The van der Waals surface area contributed by atoms with Gasteiger partial charge in [0.25, 0.3) is 0 Å². The minimum absolute atomic E-state index is 0.878. The van der Waals surface area contributed by atoms with Crippen molar-refractivity contribution in [2.24, 2.45) is 0 Å². The van der Waals surface area contributed by atoms with E-state index in [9.17, 15) is 0 Å². The Morgan fingerprint density at radius 2 is 1.06 bits per heavy atom. The molecular weight excluding hydrogens is 591 g/mol. The van der Waals surface area contributed by atoms with Crippen LogP contribution in [0.3, 0.4) is 0 Å². The van der Waals surface area contributed by atoms with Crippen LogP contribution in [0.5, 0.6) is 0 Å². The molecule has 10 aromatic rings. The molecule has 3 heteroatoms. The van der Waals surface area contributed by atoms with Crippen molar-refractivity contribution >= 4 is 92.1 Å². The van der Waals surface area contributed by atoms with Crippen molar-refractivity contribution < 1.29 is 4.42 Å². The van der Waals surface area contributed by atoms with E-state index in [1.54, 1.807) is 0 Å². The molecule has 2 nitrogen and oxygen atoms in total. The smallest absolute Gasteiger partial charge is 0.137 e. The molecule has 220 valence electrons. The first kappa shape index (κ1) is 26.3. The van der Waals surface area contributed by atoms with Crippen LogP contribution in [-0.4, -0.2) is 0 Å². The first-order chi connectivity index (χ1) is 23.3. The van der Waals surface area contributed by atoms with Gasteiger partial charge in [-0.3, -0.25) is 0 Å². The van der Waals surface area contributed by atoms with Crippen LogP contribution >= 0.6 is 11.3 Å². The lowest BCUT2D eigenvalue weighted by atomic mass is 9.94. The topological polar surface area (TPSA) is 16.4 Å².